The quantitative estimate of drug-likeness (QED) is 0.776. The fourth-order valence-corrected chi connectivity index (χ4v) is 3.69. The Kier molecular flexibility index (Phi) is 5.23. The Labute approximate surface area is 144 Å². The van der Waals surface area contributed by atoms with Gasteiger partial charge in [-0.05, 0) is 44.0 Å². The number of hydrogen-bond acceptors (Lipinski definition) is 5. The maximum atomic E-state index is 13.1. The molecule has 7 heteroatoms. The number of carbonyl (C=O) groups is 1. The predicted molar refractivity (Wildman–Crippen MR) is 94.2 cm³/mol. The molecule has 0 aliphatic carbocycles. The van der Waals surface area contributed by atoms with E-state index in [4.69, 9.17) is 0 Å². The molecule has 1 aliphatic rings. The van der Waals surface area contributed by atoms with Crippen LogP contribution in [0.1, 0.15) is 31.1 Å². The fourth-order valence-electron chi connectivity index (χ4n) is 2.85. The van der Waals surface area contributed by atoms with Gasteiger partial charge in [0.1, 0.15) is 11.9 Å². The van der Waals surface area contributed by atoms with Crippen LogP contribution in [-0.2, 0) is 4.79 Å². The Balaban J connectivity index is 1.67. The lowest BCUT2D eigenvalue weighted by Gasteiger charge is -2.08. The van der Waals surface area contributed by atoms with E-state index in [1.54, 1.807) is 12.1 Å². The molecule has 1 aliphatic heterocycles. The summed E-state index contributed by atoms with van der Waals surface area (Å²) in [7, 11) is 0. The zero-order valence-electron chi connectivity index (χ0n) is 13.7. The van der Waals surface area contributed by atoms with Crippen molar-refractivity contribution in [3.8, 4) is 11.3 Å². The van der Waals surface area contributed by atoms with Crippen LogP contribution in [0.4, 0.5) is 9.52 Å². The summed E-state index contributed by atoms with van der Waals surface area (Å²) in [5, 5.41) is 3.45. The van der Waals surface area contributed by atoms with Gasteiger partial charge in [-0.15, -0.1) is 11.3 Å². The highest BCUT2D eigenvalue weighted by atomic mass is 32.1. The number of hydrazine groups is 1. The second-order valence-corrected chi connectivity index (χ2v) is 7.19. The highest BCUT2D eigenvalue weighted by Crippen LogP contribution is 2.30. The number of carbonyl (C=O) groups excluding carboxylic acids is 1. The number of nitrogens with zero attached hydrogens (tertiary/aromatic N) is 1. The van der Waals surface area contributed by atoms with Gasteiger partial charge in [0.05, 0.1) is 5.69 Å². The first-order chi connectivity index (χ1) is 11.6. The Morgan fingerprint density at radius 3 is 2.83 bits per heavy atom. The Morgan fingerprint density at radius 1 is 1.38 bits per heavy atom. The monoisotopic (exact) mass is 348 g/mol. The van der Waals surface area contributed by atoms with E-state index < -0.39 is 0 Å². The summed E-state index contributed by atoms with van der Waals surface area (Å²) < 4.78 is 13.1. The van der Waals surface area contributed by atoms with Gasteiger partial charge >= 0.3 is 0 Å². The molecular formula is C17H21FN4OS. The van der Waals surface area contributed by atoms with Crippen LogP contribution in [-0.4, -0.2) is 23.0 Å². The number of anilines is 1. The summed E-state index contributed by atoms with van der Waals surface area (Å²) in [5.74, 6) is -0.359. The largest absolute Gasteiger partial charge is 0.301 e. The minimum Gasteiger partial charge on any atom is -0.301 e. The number of nitrogens with one attached hydrogen (secondary N) is 3. The van der Waals surface area contributed by atoms with Gasteiger partial charge in [-0.3, -0.25) is 10.2 Å². The van der Waals surface area contributed by atoms with E-state index >= 15 is 0 Å². The van der Waals surface area contributed by atoms with Crippen LogP contribution in [0.3, 0.4) is 0 Å². The molecule has 3 rings (SSSR count). The first kappa shape index (κ1) is 17.0. The summed E-state index contributed by atoms with van der Waals surface area (Å²) >= 11 is 1.43. The first-order valence-electron chi connectivity index (χ1n) is 8.12. The highest BCUT2D eigenvalue weighted by molar-refractivity contribution is 7.16. The van der Waals surface area contributed by atoms with Crippen molar-refractivity contribution < 1.29 is 9.18 Å². The number of rotatable bonds is 5. The minimum absolute atomic E-state index is 0.0829. The standard InChI is InChI=1S/C17H21FN4OS/c1-3-4-13-9-14(22-21-13)16(23)20-17-19-15(10(2)24-17)11-5-7-12(18)8-6-11/h5-8,13-14,21-22H,3-4,9H2,1-2H3,(H,19,20,23). The van der Waals surface area contributed by atoms with Gasteiger partial charge in [-0.1, -0.05) is 13.3 Å². The molecule has 0 spiro atoms. The number of benzene rings is 1. The van der Waals surface area contributed by atoms with Crippen molar-refractivity contribution >= 4 is 22.4 Å². The third-order valence-electron chi connectivity index (χ3n) is 4.08. The van der Waals surface area contributed by atoms with Gasteiger partial charge in [0.15, 0.2) is 5.13 Å². The average Bonchev–Trinajstić information content (AvgIpc) is 3.16. The molecule has 3 N–H and O–H groups in total. The molecule has 2 heterocycles. The Hall–Kier alpha value is -1.83. The molecule has 128 valence electrons. The van der Waals surface area contributed by atoms with E-state index in [0.29, 0.717) is 11.2 Å². The van der Waals surface area contributed by atoms with E-state index in [0.717, 1.165) is 35.4 Å². The van der Waals surface area contributed by atoms with Gasteiger partial charge in [0.25, 0.3) is 0 Å². The van der Waals surface area contributed by atoms with Gasteiger partial charge in [0, 0.05) is 16.5 Å². The number of amides is 1. The summed E-state index contributed by atoms with van der Waals surface area (Å²) in [6.07, 6.45) is 2.90. The molecule has 1 saturated heterocycles. The van der Waals surface area contributed by atoms with Gasteiger partial charge in [-0.25, -0.2) is 14.8 Å². The van der Waals surface area contributed by atoms with E-state index in [-0.39, 0.29) is 17.8 Å². The second kappa shape index (κ2) is 7.38. The molecule has 0 bridgehead atoms. The third kappa shape index (κ3) is 3.80. The lowest BCUT2D eigenvalue weighted by Crippen LogP contribution is -2.40. The smallest absolute Gasteiger partial charge is 0.244 e. The van der Waals surface area contributed by atoms with Crippen molar-refractivity contribution in [2.75, 3.05) is 5.32 Å². The molecule has 1 aromatic heterocycles. The van der Waals surface area contributed by atoms with E-state index in [9.17, 15) is 9.18 Å². The lowest BCUT2D eigenvalue weighted by atomic mass is 10.1. The molecule has 0 radical (unpaired) electrons. The number of aryl methyl sites for hydroxylation is 1. The summed E-state index contributed by atoms with van der Waals surface area (Å²) in [5.41, 5.74) is 7.82. The molecule has 5 nitrogen and oxygen atoms in total. The molecule has 1 aromatic carbocycles. The van der Waals surface area contributed by atoms with Crippen molar-refractivity contribution in [3.05, 3.63) is 35.0 Å². The molecule has 0 saturated carbocycles. The zero-order valence-corrected chi connectivity index (χ0v) is 14.5. The number of thiazole rings is 1. The maximum Gasteiger partial charge on any atom is 0.244 e. The van der Waals surface area contributed by atoms with Gasteiger partial charge < -0.3 is 5.32 Å². The van der Waals surface area contributed by atoms with Crippen molar-refractivity contribution in [1.29, 1.82) is 0 Å². The van der Waals surface area contributed by atoms with E-state index in [1.807, 2.05) is 6.92 Å². The Morgan fingerprint density at radius 2 is 2.12 bits per heavy atom. The highest BCUT2D eigenvalue weighted by Gasteiger charge is 2.29. The van der Waals surface area contributed by atoms with Crippen LogP contribution in [0, 0.1) is 12.7 Å². The molecule has 2 atom stereocenters. The first-order valence-corrected chi connectivity index (χ1v) is 8.93. The number of aromatic nitrogens is 1. The van der Waals surface area contributed by atoms with Crippen LogP contribution in [0.25, 0.3) is 11.3 Å². The number of hydrogen-bond donors (Lipinski definition) is 3. The minimum atomic E-state index is -0.276. The Bertz CT molecular complexity index is 716. The fraction of sp³-hybridized carbons (Fsp3) is 0.412. The van der Waals surface area contributed by atoms with Crippen molar-refractivity contribution in [2.24, 2.45) is 0 Å². The molecule has 1 amide bonds. The summed E-state index contributed by atoms with van der Waals surface area (Å²) in [6, 6.07) is 6.29. The number of halogens is 1. The van der Waals surface area contributed by atoms with Crippen molar-refractivity contribution in [1.82, 2.24) is 15.8 Å². The lowest BCUT2D eigenvalue weighted by molar-refractivity contribution is -0.117. The predicted octanol–water partition coefficient (Wildman–Crippen LogP) is 3.23. The van der Waals surface area contributed by atoms with Crippen LogP contribution in [0.15, 0.2) is 24.3 Å². The molecular weight excluding hydrogens is 327 g/mol. The van der Waals surface area contributed by atoms with Gasteiger partial charge in [-0.2, -0.15) is 0 Å². The van der Waals surface area contributed by atoms with Crippen LogP contribution in [0.5, 0.6) is 0 Å². The van der Waals surface area contributed by atoms with Crippen molar-refractivity contribution in [2.45, 2.75) is 45.2 Å². The SMILES string of the molecule is CCCC1CC(C(=O)Nc2nc(-c3ccc(F)cc3)c(C)s2)NN1. The normalized spacial score (nSPS) is 20.3. The molecule has 2 aromatic rings. The summed E-state index contributed by atoms with van der Waals surface area (Å²) in [4.78, 5) is 17.8. The zero-order chi connectivity index (χ0) is 17.1. The van der Waals surface area contributed by atoms with E-state index in [1.165, 1.54) is 23.5 Å². The third-order valence-corrected chi connectivity index (χ3v) is 4.97. The van der Waals surface area contributed by atoms with Crippen LogP contribution >= 0.6 is 11.3 Å². The topological polar surface area (TPSA) is 66.0 Å². The molecule has 24 heavy (non-hydrogen) atoms. The maximum absolute atomic E-state index is 13.1. The van der Waals surface area contributed by atoms with Crippen LogP contribution < -0.4 is 16.2 Å². The summed E-state index contributed by atoms with van der Waals surface area (Å²) in [6.45, 7) is 4.07. The molecule has 2 unspecified atom stereocenters. The average molecular weight is 348 g/mol. The molecule has 1 fully saturated rings. The van der Waals surface area contributed by atoms with Crippen molar-refractivity contribution in [3.63, 3.8) is 0 Å². The van der Waals surface area contributed by atoms with Gasteiger partial charge in [0.2, 0.25) is 5.91 Å². The van der Waals surface area contributed by atoms with Crippen LogP contribution in [0.2, 0.25) is 0 Å². The van der Waals surface area contributed by atoms with E-state index in [2.05, 4.69) is 28.1 Å². The second-order valence-electron chi connectivity index (χ2n) is 5.98.